The van der Waals surface area contributed by atoms with Gasteiger partial charge < -0.3 is 24.1 Å². The van der Waals surface area contributed by atoms with Crippen molar-refractivity contribution in [2.75, 3.05) is 21.3 Å². The van der Waals surface area contributed by atoms with E-state index in [1.165, 1.54) is 42.1 Å². The van der Waals surface area contributed by atoms with Crippen molar-refractivity contribution in [2.45, 2.75) is 38.3 Å². The van der Waals surface area contributed by atoms with E-state index in [1.54, 1.807) is 12.1 Å². The van der Waals surface area contributed by atoms with E-state index in [9.17, 15) is 13.2 Å². The highest BCUT2D eigenvalue weighted by molar-refractivity contribution is 7.89. The lowest BCUT2D eigenvalue weighted by atomic mass is 10.1. The second-order valence-electron chi connectivity index (χ2n) is 6.23. The average molecular weight is 427 g/mol. The Labute approximate surface area is 169 Å². The van der Waals surface area contributed by atoms with Gasteiger partial charge in [0.15, 0.2) is 17.3 Å². The number of sulfonamides is 1. The van der Waals surface area contributed by atoms with Crippen LogP contribution in [-0.4, -0.2) is 46.9 Å². The Morgan fingerprint density at radius 2 is 1.69 bits per heavy atom. The van der Waals surface area contributed by atoms with Crippen molar-refractivity contribution in [2.24, 2.45) is 0 Å². The molecule has 1 aromatic carbocycles. The second-order valence-corrected chi connectivity index (χ2v) is 7.88. The zero-order chi connectivity index (χ0) is 21.8. The van der Waals surface area contributed by atoms with Gasteiger partial charge in [0.25, 0.3) is 0 Å². The SMILES string of the molecule is COc1cc(OC)c(OC)cc1CNC(=O)[C@H](C)NS(=O)(=O)c1c(C)noc1C. The first-order valence-corrected chi connectivity index (χ1v) is 10.1. The molecule has 0 saturated carbocycles. The third-order valence-electron chi connectivity index (χ3n) is 4.20. The molecule has 1 atom stereocenters. The van der Waals surface area contributed by atoms with Gasteiger partial charge in [0.2, 0.25) is 15.9 Å². The fourth-order valence-electron chi connectivity index (χ4n) is 2.77. The van der Waals surface area contributed by atoms with Crippen LogP contribution in [0.3, 0.4) is 0 Å². The summed E-state index contributed by atoms with van der Waals surface area (Å²) in [5, 5.41) is 6.31. The van der Waals surface area contributed by atoms with Crippen molar-refractivity contribution in [1.82, 2.24) is 15.2 Å². The molecule has 2 aromatic rings. The van der Waals surface area contributed by atoms with E-state index in [4.69, 9.17) is 18.7 Å². The van der Waals surface area contributed by atoms with E-state index in [2.05, 4.69) is 15.2 Å². The van der Waals surface area contributed by atoms with Crippen LogP contribution < -0.4 is 24.2 Å². The lowest BCUT2D eigenvalue weighted by Crippen LogP contribution is -2.44. The number of nitrogens with zero attached hydrogens (tertiary/aromatic N) is 1. The van der Waals surface area contributed by atoms with Gasteiger partial charge in [0, 0.05) is 18.2 Å². The highest BCUT2D eigenvalue weighted by atomic mass is 32.2. The molecule has 0 aliphatic carbocycles. The highest BCUT2D eigenvalue weighted by Gasteiger charge is 2.28. The summed E-state index contributed by atoms with van der Waals surface area (Å²) < 4.78 is 48.1. The van der Waals surface area contributed by atoms with Gasteiger partial charge in [-0.3, -0.25) is 4.79 Å². The molecule has 0 saturated heterocycles. The first kappa shape index (κ1) is 22.5. The molecule has 0 aliphatic heterocycles. The van der Waals surface area contributed by atoms with Gasteiger partial charge in [-0.1, -0.05) is 5.16 Å². The molecular weight excluding hydrogens is 402 g/mol. The summed E-state index contributed by atoms with van der Waals surface area (Å²) in [6.07, 6.45) is 0. The molecular formula is C18H25N3O7S. The molecule has 0 spiro atoms. The molecule has 11 heteroatoms. The maximum Gasteiger partial charge on any atom is 0.246 e. The first-order valence-electron chi connectivity index (χ1n) is 8.66. The van der Waals surface area contributed by atoms with Gasteiger partial charge in [-0.15, -0.1) is 0 Å². The summed E-state index contributed by atoms with van der Waals surface area (Å²) in [6.45, 7) is 4.54. The van der Waals surface area contributed by atoms with Gasteiger partial charge in [-0.2, -0.15) is 4.72 Å². The number of aromatic nitrogens is 1. The van der Waals surface area contributed by atoms with E-state index in [-0.39, 0.29) is 22.9 Å². The molecule has 0 fully saturated rings. The maximum atomic E-state index is 12.5. The number of rotatable bonds is 9. The zero-order valence-corrected chi connectivity index (χ0v) is 18.0. The number of aryl methyl sites for hydroxylation is 2. The van der Waals surface area contributed by atoms with E-state index in [1.807, 2.05) is 0 Å². The van der Waals surface area contributed by atoms with Crippen molar-refractivity contribution in [3.8, 4) is 17.2 Å². The van der Waals surface area contributed by atoms with Crippen LogP contribution in [0.15, 0.2) is 21.6 Å². The smallest absolute Gasteiger partial charge is 0.246 e. The predicted molar refractivity (Wildman–Crippen MR) is 104 cm³/mol. The number of nitrogens with one attached hydrogen (secondary N) is 2. The number of benzene rings is 1. The minimum absolute atomic E-state index is 0.0706. The fraction of sp³-hybridized carbons (Fsp3) is 0.444. The number of methoxy groups -OCH3 is 3. The molecule has 1 heterocycles. The molecule has 0 unspecified atom stereocenters. The molecule has 1 amide bonds. The Bertz CT molecular complexity index is 966. The van der Waals surface area contributed by atoms with E-state index in [0.717, 1.165) is 0 Å². The molecule has 0 bridgehead atoms. The molecule has 1 aromatic heterocycles. The number of amides is 1. The van der Waals surface area contributed by atoms with Crippen LogP contribution in [0.4, 0.5) is 0 Å². The first-order chi connectivity index (χ1) is 13.6. The fourth-order valence-corrected chi connectivity index (χ4v) is 4.30. The Hall–Kier alpha value is -2.79. The van der Waals surface area contributed by atoms with Crippen LogP contribution in [0.25, 0.3) is 0 Å². The summed E-state index contributed by atoms with van der Waals surface area (Å²) in [7, 11) is 0.530. The molecule has 0 aliphatic rings. The van der Waals surface area contributed by atoms with Gasteiger partial charge in [-0.05, 0) is 26.8 Å². The quantitative estimate of drug-likeness (QED) is 0.613. The normalized spacial score (nSPS) is 12.3. The Morgan fingerprint density at radius 1 is 1.10 bits per heavy atom. The Kier molecular flexibility index (Phi) is 7.09. The number of carbonyl (C=O) groups is 1. The average Bonchev–Trinajstić information content (AvgIpc) is 3.03. The molecule has 160 valence electrons. The predicted octanol–water partition coefficient (Wildman–Crippen LogP) is 1.30. The summed E-state index contributed by atoms with van der Waals surface area (Å²) >= 11 is 0. The minimum Gasteiger partial charge on any atom is -0.496 e. The molecule has 29 heavy (non-hydrogen) atoms. The molecule has 0 radical (unpaired) electrons. The zero-order valence-electron chi connectivity index (χ0n) is 17.2. The number of carbonyl (C=O) groups excluding carboxylic acids is 1. The molecule has 2 N–H and O–H groups in total. The highest BCUT2D eigenvalue weighted by Crippen LogP contribution is 2.34. The Morgan fingerprint density at radius 3 is 2.21 bits per heavy atom. The van der Waals surface area contributed by atoms with Gasteiger partial charge >= 0.3 is 0 Å². The van der Waals surface area contributed by atoms with Crippen LogP contribution >= 0.6 is 0 Å². The summed E-state index contributed by atoms with van der Waals surface area (Å²) in [6, 6.07) is 2.29. The van der Waals surface area contributed by atoms with E-state index < -0.39 is 22.0 Å². The number of ether oxygens (including phenoxy) is 3. The van der Waals surface area contributed by atoms with Crippen LogP contribution in [0.2, 0.25) is 0 Å². The maximum absolute atomic E-state index is 12.5. The summed E-state index contributed by atoms with van der Waals surface area (Å²) in [5.41, 5.74) is 0.858. The minimum atomic E-state index is -3.97. The summed E-state index contributed by atoms with van der Waals surface area (Å²) in [4.78, 5) is 12.4. The standard InChI is InChI=1S/C18H25N3O7S/c1-10-17(12(3)28-20-10)29(23,24)21-11(2)18(22)19-9-13-7-15(26-5)16(27-6)8-14(13)25-4/h7-8,11,21H,9H2,1-6H3,(H,19,22)/t11-/m0/s1. The third kappa shape index (κ3) is 4.98. The van der Waals surface area contributed by atoms with Crippen molar-refractivity contribution in [3.05, 3.63) is 29.2 Å². The summed E-state index contributed by atoms with van der Waals surface area (Å²) in [5.74, 6) is 1.09. The van der Waals surface area contributed by atoms with Crippen molar-refractivity contribution in [1.29, 1.82) is 0 Å². The van der Waals surface area contributed by atoms with Gasteiger partial charge in [-0.25, -0.2) is 8.42 Å². The number of hydrogen-bond donors (Lipinski definition) is 2. The van der Waals surface area contributed by atoms with Gasteiger partial charge in [0.1, 0.15) is 16.3 Å². The van der Waals surface area contributed by atoms with E-state index in [0.29, 0.717) is 22.8 Å². The number of hydrogen-bond acceptors (Lipinski definition) is 8. The van der Waals surface area contributed by atoms with Crippen LogP contribution in [0.1, 0.15) is 23.9 Å². The van der Waals surface area contributed by atoms with Crippen molar-refractivity contribution < 1.29 is 31.9 Å². The van der Waals surface area contributed by atoms with Gasteiger partial charge in [0.05, 0.1) is 27.4 Å². The molecule has 2 rings (SSSR count). The van der Waals surface area contributed by atoms with Crippen LogP contribution in [-0.2, 0) is 21.4 Å². The lowest BCUT2D eigenvalue weighted by molar-refractivity contribution is -0.122. The van der Waals surface area contributed by atoms with Crippen molar-refractivity contribution >= 4 is 15.9 Å². The lowest BCUT2D eigenvalue weighted by Gasteiger charge is -2.17. The van der Waals surface area contributed by atoms with Crippen LogP contribution in [0, 0.1) is 13.8 Å². The molecule has 10 nitrogen and oxygen atoms in total. The largest absolute Gasteiger partial charge is 0.496 e. The second kappa shape index (κ2) is 9.14. The monoisotopic (exact) mass is 427 g/mol. The van der Waals surface area contributed by atoms with E-state index >= 15 is 0 Å². The Balaban J connectivity index is 2.11. The van der Waals surface area contributed by atoms with Crippen LogP contribution in [0.5, 0.6) is 17.2 Å². The third-order valence-corrected chi connectivity index (χ3v) is 5.99. The topological polar surface area (TPSA) is 129 Å². The van der Waals surface area contributed by atoms with Crippen molar-refractivity contribution in [3.63, 3.8) is 0 Å².